The molecule has 0 atom stereocenters. The van der Waals surface area contributed by atoms with Crippen molar-refractivity contribution < 1.29 is 22.6 Å². The van der Waals surface area contributed by atoms with Crippen molar-refractivity contribution >= 4 is 5.69 Å². The van der Waals surface area contributed by atoms with Gasteiger partial charge in [0.2, 0.25) is 0 Å². The van der Waals surface area contributed by atoms with Crippen LogP contribution in [0.5, 0.6) is 11.5 Å². The number of fused-ring (bicyclic) bond motifs is 2. The molecule has 2 aromatic rings. The molecule has 0 bridgehead atoms. The standard InChI is InChI=1S/C21H23F3N2O2/c1-14-17-7-9-25-8-6-15(17)12-19-20(14)26(10-11-27-19)13-16-4-2-3-5-18(16)28-21(22,23)24/h2-5,12,25H,6-11,13H2,1H3. The van der Waals surface area contributed by atoms with Gasteiger partial charge in [0.15, 0.2) is 0 Å². The van der Waals surface area contributed by atoms with Gasteiger partial charge in [-0.25, -0.2) is 0 Å². The van der Waals surface area contributed by atoms with Gasteiger partial charge >= 0.3 is 6.36 Å². The lowest BCUT2D eigenvalue weighted by Gasteiger charge is -2.34. The van der Waals surface area contributed by atoms with Gasteiger partial charge in [-0.1, -0.05) is 18.2 Å². The molecule has 2 aromatic carbocycles. The van der Waals surface area contributed by atoms with E-state index in [0.717, 1.165) is 42.9 Å². The number of hydrogen-bond donors (Lipinski definition) is 1. The number of nitrogens with zero attached hydrogens (tertiary/aromatic N) is 1. The van der Waals surface area contributed by atoms with Crippen LogP contribution in [0, 0.1) is 6.92 Å². The van der Waals surface area contributed by atoms with Gasteiger partial charge in [0.05, 0.1) is 12.2 Å². The number of anilines is 1. The maximum absolute atomic E-state index is 12.8. The van der Waals surface area contributed by atoms with E-state index < -0.39 is 6.36 Å². The van der Waals surface area contributed by atoms with Gasteiger partial charge in [-0.05, 0) is 61.7 Å². The van der Waals surface area contributed by atoms with Crippen LogP contribution >= 0.6 is 0 Å². The Bertz CT molecular complexity index is 867. The summed E-state index contributed by atoms with van der Waals surface area (Å²) in [6, 6.07) is 8.43. The normalized spacial score (nSPS) is 16.6. The third-order valence-electron chi connectivity index (χ3n) is 5.35. The second-order valence-electron chi connectivity index (χ2n) is 7.16. The molecule has 7 heteroatoms. The average molecular weight is 392 g/mol. The summed E-state index contributed by atoms with van der Waals surface area (Å²) in [7, 11) is 0. The summed E-state index contributed by atoms with van der Waals surface area (Å²) in [4.78, 5) is 2.10. The van der Waals surface area contributed by atoms with Gasteiger partial charge in [-0.15, -0.1) is 13.2 Å². The summed E-state index contributed by atoms with van der Waals surface area (Å²) in [6.45, 7) is 5.41. The van der Waals surface area contributed by atoms with Gasteiger partial charge in [0.1, 0.15) is 18.1 Å². The molecule has 1 N–H and O–H groups in total. The summed E-state index contributed by atoms with van der Waals surface area (Å²) in [6.07, 6.45) is -2.82. The molecule has 4 rings (SSSR count). The van der Waals surface area contributed by atoms with E-state index in [0.29, 0.717) is 25.3 Å². The largest absolute Gasteiger partial charge is 0.573 e. The molecular weight excluding hydrogens is 369 g/mol. The van der Waals surface area contributed by atoms with Crippen LogP contribution in [0.1, 0.15) is 22.3 Å². The van der Waals surface area contributed by atoms with Crippen LogP contribution in [-0.2, 0) is 19.4 Å². The molecule has 0 saturated carbocycles. The first kappa shape index (κ1) is 18.9. The molecule has 28 heavy (non-hydrogen) atoms. The van der Waals surface area contributed by atoms with Crippen LogP contribution in [0.3, 0.4) is 0 Å². The predicted octanol–water partition coefficient (Wildman–Crippen LogP) is 3.98. The monoisotopic (exact) mass is 392 g/mol. The first-order valence-electron chi connectivity index (χ1n) is 9.50. The number of ether oxygens (including phenoxy) is 2. The van der Waals surface area contributed by atoms with Crippen molar-refractivity contribution in [2.24, 2.45) is 0 Å². The maximum Gasteiger partial charge on any atom is 0.573 e. The highest BCUT2D eigenvalue weighted by Gasteiger charge is 2.32. The fourth-order valence-electron chi connectivity index (χ4n) is 4.12. The molecule has 0 aromatic heterocycles. The van der Waals surface area contributed by atoms with Crippen molar-refractivity contribution in [3.8, 4) is 11.5 Å². The molecule has 4 nitrogen and oxygen atoms in total. The number of halogens is 3. The number of hydrogen-bond acceptors (Lipinski definition) is 4. The minimum atomic E-state index is -4.71. The zero-order chi connectivity index (χ0) is 19.7. The minimum absolute atomic E-state index is 0.153. The van der Waals surface area contributed by atoms with E-state index in [-0.39, 0.29) is 5.75 Å². The molecule has 2 aliphatic heterocycles. The van der Waals surface area contributed by atoms with E-state index in [9.17, 15) is 13.2 Å². The Morgan fingerprint density at radius 2 is 1.96 bits per heavy atom. The van der Waals surface area contributed by atoms with Crippen LogP contribution in [-0.4, -0.2) is 32.6 Å². The Balaban J connectivity index is 1.69. The number of rotatable bonds is 3. The summed E-state index contributed by atoms with van der Waals surface area (Å²) < 4.78 is 48.5. The van der Waals surface area contributed by atoms with Crippen molar-refractivity contribution in [1.82, 2.24) is 5.32 Å². The zero-order valence-corrected chi connectivity index (χ0v) is 15.7. The Morgan fingerprint density at radius 3 is 2.79 bits per heavy atom. The van der Waals surface area contributed by atoms with Gasteiger partial charge in [-0.2, -0.15) is 0 Å². The number of alkyl halides is 3. The van der Waals surface area contributed by atoms with Gasteiger partial charge < -0.3 is 19.7 Å². The van der Waals surface area contributed by atoms with Crippen molar-refractivity contribution in [3.05, 3.63) is 52.6 Å². The Labute approximate surface area is 162 Å². The molecule has 2 aliphatic rings. The van der Waals surface area contributed by atoms with E-state index in [1.165, 1.54) is 17.2 Å². The van der Waals surface area contributed by atoms with Crippen molar-refractivity contribution in [3.63, 3.8) is 0 Å². The SMILES string of the molecule is Cc1c2c(cc3c1N(Cc1ccccc1OC(F)(F)F)CCO3)CCNCC2. The smallest absolute Gasteiger partial charge is 0.490 e. The highest BCUT2D eigenvalue weighted by Crippen LogP contribution is 2.41. The predicted molar refractivity (Wildman–Crippen MR) is 101 cm³/mol. The van der Waals surface area contributed by atoms with Crippen LogP contribution in [0.25, 0.3) is 0 Å². The molecule has 0 amide bonds. The van der Waals surface area contributed by atoms with Crippen LogP contribution in [0.15, 0.2) is 30.3 Å². The quantitative estimate of drug-likeness (QED) is 0.857. The lowest BCUT2D eigenvalue weighted by molar-refractivity contribution is -0.274. The summed E-state index contributed by atoms with van der Waals surface area (Å²) in [5.41, 5.74) is 5.26. The zero-order valence-electron chi connectivity index (χ0n) is 15.7. The van der Waals surface area contributed by atoms with E-state index >= 15 is 0 Å². The van der Waals surface area contributed by atoms with E-state index in [1.54, 1.807) is 18.2 Å². The molecular formula is C21H23F3N2O2. The molecule has 150 valence electrons. The summed E-state index contributed by atoms with van der Waals surface area (Å²) in [5.74, 6) is 0.665. The highest BCUT2D eigenvalue weighted by molar-refractivity contribution is 5.69. The van der Waals surface area contributed by atoms with Gasteiger partial charge in [0.25, 0.3) is 0 Å². The van der Waals surface area contributed by atoms with Gasteiger partial charge in [0, 0.05) is 12.1 Å². The summed E-state index contributed by atoms with van der Waals surface area (Å²) >= 11 is 0. The maximum atomic E-state index is 12.8. The fraction of sp³-hybridized carbons (Fsp3) is 0.429. The third-order valence-corrected chi connectivity index (χ3v) is 5.35. The lowest BCUT2D eigenvalue weighted by Crippen LogP contribution is -2.33. The molecule has 2 heterocycles. The van der Waals surface area contributed by atoms with Crippen molar-refractivity contribution in [2.45, 2.75) is 32.7 Å². The Hall–Kier alpha value is -2.41. The van der Waals surface area contributed by atoms with Crippen LogP contribution in [0.2, 0.25) is 0 Å². The van der Waals surface area contributed by atoms with E-state index in [1.807, 2.05) is 0 Å². The number of benzene rings is 2. The molecule has 0 saturated heterocycles. The van der Waals surface area contributed by atoms with Crippen molar-refractivity contribution in [1.29, 1.82) is 0 Å². The fourth-order valence-corrected chi connectivity index (χ4v) is 4.12. The third kappa shape index (κ3) is 3.90. The molecule has 0 fully saturated rings. The molecule has 0 aliphatic carbocycles. The first-order chi connectivity index (χ1) is 13.4. The highest BCUT2D eigenvalue weighted by atomic mass is 19.4. The second kappa shape index (κ2) is 7.54. The average Bonchev–Trinajstić information content (AvgIpc) is 2.88. The van der Waals surface area contributed by atoms with Crippen molar-refractivity contribution in [2.75, 3.05) is 31.1 Å². The Kier molecular flexibility index (Phi) is 5.10. The minimum Gasteiger partial charge on any atom is -0.490 e. The number of para-hydroxylation sites is 1. The summed E-state index contributed by atoms with van der Waals surface area (Å²) in [5, 5.41) is 3.41. The topological polar surface area (TPSA) is 33.7 Å². The molecule has 0 unspecified atom stereocenters. The second-order valence-corrected chi connectivity index (χ2v) is 7.16. The van der Waals surface area contributed by atoms with Gasteiger partial charge in [-0.3, -0.25) is 0 Å². The van der Waals surface area contributed by atoms with Crippen LogP contribution in [0.4, 0.5) is 18.9 Å². The lowest BCUT2D eigenvalue weighted by atomic mass is 9.94. The molecule has 0 radical (unpaired) electrons. The number of nitrogens with one attached hydrogen (secondary N) is 1. The first-order valence-corrected chi connectivity index (χ1v) is 9.50. The van der Waals surface area contributed by atoms with Crippen LogP contribution < -0.4 is 19.7 Å². The van der Waals surface area contributed by atoms with E-state index in [4.69, 9.17) is 4.74 Å². The van der Waals surface area contributed by atoms with E-state index in [2.05, 4.69) is 27.9 Å². The molecule has 0 spiro atoms. The Morgan fingerprint density at radius 1 is 1.18 bits per heavy atom.